The fourth-order valence-electron chi connectivity index (χ4n) is 1.92. The second-order valence-corrected chi connectivity index (χ2v) is 6.01. The van der Waals surface area contributed by atoms with Gasteiger partial charge in [-0.05, 0) is 12.1 Å². The van der Waals surface area contributed by atoms with Gasteiger partial charge in [-0.15, -0.1) is 0 Å². The van der Waals surface area contributed by atoms with Gasteiger partial charge in [0.1, 0.15) is 6.04 Å². The summed E-state index contributed by atoms with van der Waals surface area (Å²) in [6, 6.07) is 3.16. The first-order valence-corrected chi connectivity index (χ1v) is 7.22. The van der Waals surface area contributed by atoms with Gasteiger partial charge >= 0.3 is 5.97 Å². The maximum Gasteiger partial charge on any atom is 0.323 e. The molecule has 0 radical (unpaired) electrons. The van der Waals surface area contributed by atoms with E-state index in [2.05, 4.69) is 10.3 Å². The minimum Gasteiger partial charge on any atom is -0.480 e. The van der Waals surface area contributed by atoms with Gasteiger partial charge < -0.3 is 10.4 Å². The van der Waals surface area contributed by atoms with E-state index in [0.29, 0.717) is 6.54 Å². The largest absolute Gasteiger partial charge is 0.480 e. The number of aliphatic carboxylic acids is 1. The number of nitriles is 1. The van der Waals surface area contributed by atoms with Crippen LogP contribution in [0, 0.1) is 11.3 Å². The number of pyridine rings is 1. The average Bonchev–Trinajstić information content (AvgIpc) is 2.47. The quantitative estimate of drug-likeness (QED) is 0.733. The number of hydrogen-bond donors (Lipinski definition) is 2. The van der Waals surface area contributed by atoms with E-state index >= 15 is 0 Å². The highest BCUT2D eigenvalue weighted by molar-refractivity contribution is 7.89. The molecular formula is C11H12N4O4S. The van der Waals surface area contributed by atoms with Gasteiger partial charge in [0.2, 0.25) is 0 Å². The molecule has 2 heterocycles. The lowest BCUT2D eigenvalue weighted by Gasteiger charge is -2.31. The lowest BCUT2D eigenvalue weighted by Crippen LogP contribution is -2.56. The molecule has 106 valence electrons. The van der Waals surface area contributed by atoms with Gasteiger partial charge in [-0.3, -0.25) is 4.79 Å². The summed E-state index contributed by atoms with van der Waals surface area (Å²) in [7, 11) is -4.04. The van der Waals surface area contributed by atoms with Crippen molar-refractivity contribution in [2.45, 2.75) is 11.1 Å². The molecule has 0 amide bonds. The van der Waals surface area contributed by atoms with Crippen LogP contribution in [0.2, 0.25) is 0 Å². The maximum absolute atomic E-state index is 12.4. The molecule has 1 aliphatic rings. The molecular weight excluding hydrogens is 284 g/mol. The Kier molecular flexibility index (Phi) is 3.99. The molecule has 20 heavy (non-hydrogen) atoms. The number of piperazine rings is 1. The van der Waals surface area contributed by atoms with Gasteiger partial charge in [0.05, 0.1) is 11.6 Å². The summed E-state index contributed by atoms with van der Waals surface area (Å²) in [6.07, 6.45) is 1.21. The summed E-state index contributed by atoms with van der Waals surface area (Å²) in [5, 5.41) is 20.4. The highest BCUT2D eigenvalue weighted by Crippen LogP contribution is 2.18. The van der Waals surface area contributed by atoms with Crippen LogP contribution in [-0.2, 0) is 14.8 Å². The molecule has 1 atom stereocenters. The van der Waals surface area contributed by atoms with Crippen LogP contribution in [0.4, 0.5) is 0 Å². The van der Waals surface area contributed by atoms with Crippen molar-refractivity contribution < 1.29 is 18.3 Å². The highest BCUT2D eigenvalue weighted by Gasteiger charge is 2.38. The van der Waals surface area contributed by atoms with E-state index in [1.54, 1.807) is 0 Å². The zero-order chi connectivity index (χ0) is 14.8. The molecule has 1 aliphatic heterocycles. The third-order valence-electron chi connectivity index (χ3n) is 2.92. The Labute approximate surface area is 115 Å². The smallest absolute Gasteiger partial charge is 0.323 e. The molecule has 1 aromatic heterocycles. The van der Waals surface area contributed by atoms with E-state index < -0.39 is 22.0 Å². The van der Waals surface area contributed by atoms with Gasteiger partial charge in [-0.25, -0.2) is 13.4 Å². The Balaban J connectivity index is 2.42. The van der Waals surface area contributed by atoms with Crippen molar-refractivity contribution in [3.05, 3.63) is 23.9 Å². The number of hydrogen-bond acceptors (Lipinski definition) is 6. The third kappa shape index (κ3) is 2.62. The molecule has 0 aliphatic carbocycles. The molecule has 0 saturated carbocycles. The van der Waals surface area contributed by atoms with E-state index in [0.717, 1.165) is 10.4 Å². The second-order valence-electron chi connectivity index (χ2n) is 4.17. The molecule has 1 aromatic rings. The number of nitrogens with zero attached hydrogens (tertiary/aromatic N) is 3. The summed E-state index contributed by atoms with van der Waals surface area (Å²) >= 11 is 0. The number of carbonyl (C=O) groups is 1. The van der Waals surface area contributed by atoms with Crippen molar-refractivity contribution in [1.29, 1.82) is 5.26 Å². The van der Waals surface area contributed by atoms with Gasteiger partial charge in [0, 0.05) is 25.8 Å². The Bertz CT molecular complexity index is 667. The molecule has 9 heteroatoms. The maximum atomic E-state index is 12.4. The summed E-state index contributed by atoms with van der Waals surface area (Å²) in [5.74, 6) is -1.22. The topological polar surface area (TPSA) is 123 Å². The summed E-state index contributed by atoms with van der Waals surface area (Å²) in [5.41, 5.74) is 0.153. The molecule has 2 rings (SSSR count). The first-order chi connectivity index (χ1) is 9.46. The average molecular weight is 296 g/mol. The Morgan fingerprint density at radius 1 is 1.60 bits per heavy atom. The number of sulfonamides is 1. The van der Waals surface area contributed by atoms with Crippen molar-refractivity contribution >= 4 is 16.0 Å². The van der Waals surface area contributed by atoms with Crippen LogP contribution < -0.4 is 5.32 Å². The predicted octanol–water partition coefficient (Wildman–Crippen LogP) is -1.000. The summed E-state index contributed by atoms with van der Waals surface area (Å²) in [4.78, 5) is 14.9. The van der Waals surface area contributed by atoms with Gasteiger partial charge in [0.15, 0.2) is 5.03 Å². The van der Waals surface area contributed by atoms with Crippen molar-refractivity contribution in [2.75, 3.05) is 19.6 Å². The minimum absolute atomic E-state index is 0.0342. The monoisotopic (exact) mass is 296 g/mol. The number of carboxylic acids is 1. The molecule has 0 spiro atoms. The number of aromatic nitrogens is 1. The molecule has 2 N–H and O–H groups in total. The van der Waals surface area contributed by atoms with Crippen LogP contribution in [-0.4, -0.2) is 54.5 Å². The fraction of sp³-hybridized carbons (Fsp3) is 0.364. The molecule has 1 saturated heterocycles. The Morgan fingerprint density at radius 2 is 2.35 bits per heavy atom. The third-order valence-corrected chi connectivity index (χ3v) is 4.72. The van der Waals surface area contributed by atoms with E-state index in [4.69, 9.17) is 10.4 Å². The summed E-state index contributed by atoms with van der Waals surface area (Å²) < 4.78 is 25.8. The number of nitrogens with one attached hydrogen (secondary N) is 1. The van der Waals surface area contributed by atoms with Crippen LogP contribution in [0.1, 0.15) is 5.56 Å². The lowest BCUT2D eigenvalue weighted by molar-refractivity contribution is -0.141. The zero-order valence-corrected chi connectivity index (χ0v) is 11.2. The van der Waals surface area contributed by atoms with Crippen LogP contribution in [0.25, 0.3) is 0 Å². The predicted molar refractivity (Wildman–Crippen MR) is 67.1 cm³/mol. The second kappa shape index (κ2) is 5.54. The normalized spacial score (nSPS) is 20.2. The Hall–Kier alpha value is -2.02. The lowest BCUT2D eigenvalue weighted by atomic mass is 10.2. The van der Waals surface area contributed by atoms with E-state index in [9.17, 15) is 13.2 Å². The van der Waals surface area contributed by atoms with Gasteiger partial charge in [-0.2, -0.15) is 9.57 Å². The van der Waals surface area contributed by atoms with Crippen molar-refractivity contribution in [2.24, 2.45) is 0 Å². The molecule has 1 unspecified atom stereocenters. The van der Waals surface area contributed by atoms with E-state index in [1.807, 2.05) is 6.07 Å². The number of rotatable bonds is 3. The molecule has 0 bridgehead atoms. The Morgan fingerprint density at radius 3 is 3.00 bits per heavy atom. The number of carboxylic acid groups (broad SMARTS) is 1. The molecule has 0 aromatic carbocycles. The summed E-state index contributed by atoms with van der Waals surface area (Å²) in [6.45, 7) is 0.436. The van der Waals surface area contributed by atoms with Crippen LogP contribution >= 0.6 is 0 Å². The SMILES string of the molecule is N#Cc1ccnc(S(=O)(=O)N2CCNCC2C(=O)O)c1. The van der Waals surface area contributed by atoms with Crippen LogP contribution in [0.3, 0.4) is 0 Å². The fourth-order valence-corrected chi connectivity index (χ4v) is 3.47. The van der Waals surface area contributed by atoms with Gasteiger partial charge in [0.25, 0.3) is 10.0 Å². The minimum atomic E-state index is -4.04. The molecule has 1 fully saturated rings. The van der Waals surface area contributed by atoms with Crippen LogP contribution in [0.5, 0.6) is 0 Å². The van der Waals surface area contributed by atoms with Crippen LogP contribution in [0.15, 0.2) is 23.4 Å². The highest BCUT2D eigenvalue weighted by atomic mass is 32.2. The first-order valence-electron chi connectivity index (χ1n) is 5.78. The van der Waals surface area contributed by atoms with Crippen molar-refractivity contribution in [3.8, 4) is 6.07 Å². The first kappa shape index (κ1) is 14.4. The van der Waals surface area contributed by atoms with Gasteiger partial charge in [-0.1, -0.05) is 0 Å². The van der Waals surface area contributed by atoms with Crippen molar-refractivity contribution in [1.82, 2.24) is 14.6 Å². The van der Waals surface area contributed by atoms with E-state index in [1.165, 1.54) is 12.3 Å². The van der Waals surface area contributed by atoms with Crippen molar-refractivity contribution in [3.63, 3.8) is 0 Å². The van der Waals surface area contributed by atoms with E-state index in [-0.39, 0.29) is 23.7 Å². The zero-order valence-electron chi connectivity index (χ0n) is 10.4. The standard InChI is InChI=1S/C11H12N4O4S/c12-6-8-1-2-14-10(5-8)20(18,19)15-4-3-13-7-9(15)11(16)17/h1-2,5,9,13H,3-4,7H2,(H,16,17). The molecule has 8 nitrogen and oxygen atoms in total.